The van der Waals surface area contributed by atoms with Crippen molar-refractivity contribution in [2.24, 2.45) is 0 Å². The van der Waals surface area contributed by atoms with Gasteiger partial charge in [0.1, 0.15) is 12.4 Å². The lowest BCUT2D eigenvalue weighted by Gasteiger charge is -2.16. The Kier molecular flexibility index (Phi) is 7.36. The molecule has 2 aromatic rings. The Morgan fingerprint density at radius 2 is 1.92 bits per heavy atom. The SMILES string of the molecule is CCC(C)NCc1cc(OC)c(OCc2c(F)cccc2Cl)cc1Cl. The molecular formula is C19H22Cl2FNO2. The number of methoxy groups -OCH3 is 1. The van der Waals surface area contributed by atoms with Gasteiger partial charge < -0.3 is 14.8 Å². The van der Waals surface area contributed by atoms with Crippen LogP contribution in [0.25, 0.3) is 0 Å². The normalized spacial score (nSPS) is 12.1. The highest BCUT2D eigenvalue weighted by atomic mass is 35.5. The third-order valence-corrected chi connectivity index (χ3v) is 4.73. The monoisotopic (exact) mass is 385 g/mol. The number of hydrogen-bond acceptors (Lipinski definition) is 3. The molecule has 0 spiro atoms. The van der Waals surface area contributed by atoms with E-state index in [1.807, 2.05) is 6.07 Å². The average molecular weight is 386 g/mol. The number of benzene rings is 2. The van der Waals surface area contributed by atoms with E-state index in [-0.39, 0.29) is 6.61 Å². The first-order valence-corrected chi connectivity index (χ1v) is 8.87. The van der Waals surface area contributed by atoms with Gasteiger partial charge in [-0.15, -0.1) is 0 Å². The predicted molar refractivity (Wildman–Crippen MR) is 100 cm³/mol. The zero-order valence-corrected chi connectivity index (χ0v) is 16.0. The largest absolute Gasteiger partial charge is 0.493 e. The van der Waals surface area contributed by atoms with E-state index in [0.29, 0.717) is 39.7 Å². The van der Waals surface area contributed by atoms with Gasteiger partial charge in [-0.1, -0.05) is 36.2 Å². The molecule has 0 amide bonds. The van der Waals surface area contributed by atoms with E-state index in [9.17, 15) is 4.39 Å². The summed E-state index contributed by atoms with van der Waals surface area (Å²) < 4.78 is 24.9. The number of hydrogen-bond donors (Lipinski definition) is 1. The Morgan fingerprint density at radius 1 is 1.16 bits per heavy atom. The minimum absolute atomic E-state index is 0.0112. The Hall–Kier alpha value is -1.49. The van der Waals surface area contributed by atoms with Crippen LogP contribution in [0.1, 0.15) is 31.4 Å². The molecule has 1 unspecified atom stereocenters. The third-order valence-electron chi connectivity index (χ3n) is 4.02. The molecule has 0 aliphatic heterocycles. The molecule has 2 rings (SSSR count). The van der Waals surface area contributed by atoms with Crippen molar-refractivity contribution in [2.45, 2.75) is 39.5 Å². The minimum atomic E-state index is -0.410. The van der Waals surface area contributed by atoms with Gasteiger partial charge in [-0.25, -0.2) is 4.39 Å². The molecule has 0 saturated carbocycles. The molecular weight excluding hydrogens is 364 g/mol. The first-order chi connectivity index (χ1) is 12.0. The fraction of sp³-hybridized carbons (Fsp3) is 0.368. The van der Waals surface area contributed by atoms with Crippen molar-refractivity contribution < 1.29 is 13.9 Å². The molecule has 1 N–H and O–H groups in total. The van der Waals surface area contributed by atoms with Crippen LogP contribution in [-0.2, 0) is 13.2 Å². The Balaban J connectivity index is 2.16. The fourth-order valence-electron chi connectivity index (χ4n) is 2.23. The zero-order valence-electron chi connectivity index (χ0n) is 14.5. The maximum atomic E-state index is 13.9. The van der Waals surface area contributed by atoms with Crippen LogP contribution in [0.4, 0.5) is 4.39 Å². The molecule has 3 nitrogen and oxygen atoms in total. The second-order valence-corrected chi connectivity index (χ2v) is 6.59. The molecule has 0 aromatic heterocycles. The summed E-state index contributed by atoms with van der Waals surface area (Å²) in [5.41, 5.74) is 1.21. The highest BCUT2D eigenvalue weighted by Crippen LogP contribution is 2.34. The van der Waals surface area contributed by atoms with Crippen LogP contribution in [0.5, 0.6) is 11.5 Å². The van der Waals surface area contributed by atoms with Gasteiger partial charge in [-0.05, 0) is 37.1 Å². The van der Waals surface area contributed by atoms with Crippen molar-refractivity contribution in [2.75, 3.05) is 7.11 Å². The van der Waals surface area contributed by atoms with Crippen LogP contribution < -0.4 is 14.8 Å². The second kappa shape index (κ2) is 9.27. The first-order valence-electron chi connectivity index (χ1n) is 8.11. The summed E-state index contributed by atoms with van der Waals surface area (Å²) in [7, 11) is 1.55. The topological polar surface area (TPSA) is 30.5 Å². The highest BCUT2D eigenvalue weighted by molar-refractivity contribution is 6.31. The summed E-state index contributed by atoms with van der Waals surface area (Å²) in [6, 6.07) is 8.42. The molecule has 0 aliphatic carbocycles. The average Bonchev–Trinajstić information content (AvgIpc) is 2.60. The maximum absolute atomic E-state index is 13.9. The molecule has 136 valence electrons. The molecule has 0 aliphatic rings. The van der Waals surface area contributed by atoms with E-state index < -0.39 is 5.82 Å². The molecule has 25 heavy (non-hydrogen) atoms. The molecule has 6 heteroatoms. The Labute approximate surface area is 158 Å². The van der Waals surface area contributed by atoms with E-state index >= 15 is 0 Å². The van der Waals surface area contributed by atoms with E-state index in [2.05, 4.69) is 19.2 Å². The van der Waals surface area contributed by atoms with Crippen molar-refractivity contribution in [1.29, 1.82) is 0 Å². The van der Waals surface area contributed by atoms with Crippen LogP contribution in [-0.4, -0.2) is 13.2 Å². The van der Waals surface area contributed by atoms with Crippen LogP contribution in [0.2, 0.25) is 10.0 Å². The lowest BCUT2D eigenvalue weighted by Crippen LogP contribution is -2.24. The molecule has 0 saturated heterocycles. The summed E-state index contributed by atoms with van der Waals surface area (Å²) in [6.07, 6.45) is 1.03. The lowest BCUT2D eigenvalue weighted by molar-refractivity contribution is 0.279. The molecule has 0 heterocycles. The van der Waals surface area contributed by atoms with Crippen LogP contribution in [0, 0.1) is 5.82 Å². The molecule has 2 aromatic carbocycles. The summed E-state index contributed by atoms with van der Waals surface area (Å²) >= 11 is 12.4. The highest BCUT2D eigenvalue weighted by Gasteiger charge is 2.14. The van der Waals surface area contributed by atoms with E-state index in [0.717, 1.165) is 12.0 Å². The number of halogens is 3. The Bertz CT molecular complexity index is 705. The van der Waals surface area contributed by atoms with Gasteiger partial charge in [0, 0.05) is 29.2 Å². The molecule has 0 fully saturated rings. The quantitative estimate of drug-likeness (QED) is 0.640. The Morgan fingerprint density at radius 3 is 2.56 bits per heavy atom. The molecule has 0 bridgehead atoms. The first kappa shape index (κ1) is 19.8. The van der Waals surface area contributed by atoms with E-state index in [4.69, 9.17) is 32.7 Å². The van der Waals surface area contributed by atoms with E-state index in [1.165, 1.54) is 6.07 Å². The van der Waals surface area contributed by atoms with Gasteiger partial charge in [-0.3, -0.25) is 0 Å². The van der Waals surface area contributed by atoms with Crippen LogP contribution in [0.3, 0.4) is 0 Å². The van der Waals surface area contributed by atoms with Gasteiger partial charge in [0.15, 0.2) is 11.5 Å². The summed E-state index contributed by atoms with van der Waals surface area (Å²) in [6.45, 7) is 4.84. The standard InChI is InChI=1S/C19H22Cl2FNO2/c1-4-12(2)23-10-13-8-18(24-3)19(9-16(13)21)25-11-14-15(20)6-5-7-17(14)22/h5-9,12,23H,4,10-11H2,1-3H3. The number of ether oxygens (including phenoxy) is 2. The van der Waals surface area contributed by atoms with Gasteiger partial charge in [0.25, 0.3) is 0 Å². The summed E-state index contributed by atoms with van der Waals surface area (Å²) in [5.74, 6) is 0.573. The summed E-state index contributed by atoms with van der Waals surface area (Å²) in [5, 5.41) is 4.27. The smallest absolute Gasteiger partial charge is 0.163 e. The van der Waals surface area contributed by atoms with Gasteiger partial charge in [-0.2, -0.15) is 0 Å². The number of rotatable bonds is 8. The third kappa shape index (κ3) is 5.24. The van der Waals surface area contributed by atoms with Gasteiger partial charge in [0.2, 0.25) is 0 Å². The fourth-order valence-corrected chi connectivity index (χ4v) is 2.67. The summed E-state index contributed by atoms with van der Waals surface area (Å²) in [4.78, 5) is 0. The van der Waals surface area contributed by atoms with Crippen molar-refractivity contribution >= 4 is 23.2 Å². The van der Waals surface area contributed by atoms with Crippen molar-refractivity contribution in [3.8, 4) is 11.5 Å². The molecule has 0 radical (unpaired) electrons. The van der Waals surface area contributed by atoms with Crippen molar-refractivity contribution in [1.82, 2.24) is 5.32 Å². The van der Waals surface area contributed by atoms with Crippen LogP contribution in [0.15, 0.2) is 30.3 Å². The van der Waals surface area contributed by atoms with Crippen molar-refractivity contribution in [3.05, 3.63) is 57.3 Å². The zero-order chi connectivity index (χ0) is 18.4. The lowest BCUT2D eigenvalue weighted by atomic mass is 10.1. The van der Waals surface area contributed by atoms with Gasteiger partial charge in [0.05, 0.1) is 12.1 Å². The predicted octanol–water partition coefficient (Wildman–Crippen LogP) is 5.61. The van der Waals surface area contributed by atoms with Gasteiger partial charge >= 0.3 is 0 Å². The number of nitrogens with one attached hydrogen (secondary N) is 1. The van der Waals surface area contributed by atoms with E-state index in [1.54, 1.807) is 25.3 Å². The van der Waals surface area contributed by atoms with Crippen LogP contribution >= 0.6 is 23.2 Å². The van der Waals surface area contributed by atoms with Crippen molar-refractivity contribution in [3.63, 3.8) is 0 Å². The molecule has 1 atom stereocenters. The second-order valence-electron chi connectivity index (χ2n) is 5.77. The minimum Gasteiger partial charge on any atom is -0.493 e. The maximum Gasteiger partial charge on any atom is 0.163 e.